The van der Waals surface area contributed by atoms with Gasteiger partial charge in [0.2, 0.25) is 0 Å². The van der Waals surface area contributed by atoms with Gasteiger partial charge >= 0.3 is 5.97 Å². The van der Waals surface area contributed by atoms with E-state index in [2.05, 4.69) is 21.2 Å². The van der Waals surface area contributed by atoms with Crippen molar-refractivity contribution in [3.63, 3.8) is 0 Å². The minimum atomic E-state index is -2.71. The molecule has 0 spiro atoms. The van der Waals surface area contributed by atoms with E-state index >= 15 is 0 Å². The number of nitrogens with zero attached hydrogens (tertiary/aromatic N) is 4. The van der Waals surface area contributed by atoms with E-state index in [0.717, 1.165) is 12.8 Å². The highest BCUT2D eigenvalue weighted by molar-refractivity contribution is 7.36. The van der Waals surface area contributed by atoms with Crippen LogP contribution in [-0.2, 0) is 29.0 Å². The molecule has 3 heterocycles. The van der Waals surface area contributed by atoms with Gasteiger partial charge in [0, 0.05) is 0 Å². The third-order valence-electron chi connectivity index (χ3n) is 5.97. The maximum absolute atomic E-state index is 12.3. The van der Waals surface area contributed by atoms with Gasteiger partial charge in [-0.25, -0.2) is 14.6 Å². The molecule has 11 nitrogen and oxygen atoms in total. The summed E-state index contributed by atoms with van der Waals surface area (Å²) in [5, 5.41) is 16.7. The quantitative estimate of drug-likeness (QED) is 0.364. The molecule has 0 bridgehead atoms. The van der Waals surface area contributed by atoms with Gasteiger partial charge in [-0.2, -0.15) is 10.4 Å². The molecule has 0 aliphatic carbocycles. The number of ether oxygens (including phenoxy) is 2. The van der Waals surface area contributed by atoms with E-state index in [0.29, 0.717) is 42.4 Å². The number of nitrogens with two attached hydrogens (primary N) is 1. The molecule has 0 radical (unpaired) electrons. The molecule has 12 heteroatoms. The number of carbonyl (C=O) groups is 1. The minimum Gasteiger partial charge on any atom is -0.464 e. The third-order valence-corrected chi connectivity index (χ3v) is 7.06. The summed E-state index contributed by atoms with van der Waals surface area (Å²) >= 11 is 0. The summed E-state index contributed by atoms with van der Waals surface area (Å²) in [6.07, 6.45) is 3.68. The maximum atomic E-state index is 12.3. The summed E-state index contributed by atoms with van der Waals surface area (Å²) in [6.45, 7) is 6.04. The normalized spacial score (nSPS) is 22.3. The van der Waals surface area contributed by atoms with E-state index in [9.17, 15) is 14.6 Å². The van der Waals surface area contributed by atoms with Gasteiger partial charge in [0.25, 0.3) is 8.18 Å². The Balaban J connectivity index is 1.52. The zero-order chi connectivity index (χ0) is 24.0. The highest BCUT2D eigenvalue weighted by Crippen LogP contribution is 2.40. The van der Waals surface area contributed by atoms with Gasteiger partial charge in [0.05, 0.1) is 25.0 Å². The number of esters is 1. The van der Waals surface area contributed by atoms with Gasteiger partial charge in [-0.05, 0) is 37.8 Å². The topological polar surface area (TPSA) is 154 Å². The number of nitrogen functional groups attached to an aromatic ring is 1. The Morgan fingerprint density at radius 1 is 1.48 bits per heavy atom. The van der Waals surface area contributed by atoms with E-state index in [4.69, 9.17) is 19.7 Å². The number of hydrogen-bond acceptors (Lipinski definition) is 9. The number of nitrogens with one attached hydrogen (secondary N) is 1. The van der Waals surface area contributed by atoms with Gasteiger partial charge in [-0.15, -0.1) is 0 Å². The predicted octanol–water partition coefficient (Wildman–Crippen LogP) is 2.57. The standard InChI is InChI=1S/C21H31N6O5P/c1-4-15(5-2)10-30-20(28)14(3)26-33(29)31-11-16-8-9-21(12-22,32-16)18-7-6-17-19(23)24-13-25-27(17)18/h6-7,13-16,33H,4-5,8-11H2,1-3H3,(H,26,29)(H2,23,24,25)/t14-,16-,21-/m0/s1. The maximum Gasteiger partial charge on any atom is 0.323 e. The molecule has 3 rings (SSSR count). The van der Waals surface area contributed by atoms with Crippen LogP contribution in [0.4, 0.5) is 5.82 Å². The van der Waals surface area contributed by atoms with Crippen molar-refractivity contribution in [1.82, 2.24) is 19.7 Å². The molecule has 1 fully saturated rings. The van der Waals surface area contributed by atoms with E-state index in [-0.39, 0.29) is 6.61 Å². The van der Waals surface area contributed by atoms with Gasteiger partial charge in [0.1, 0.15) is 24.0 Å². The molecule has 0 saturated carbocycles. The molecule has 1 aliphatic heterocycles. The van der Waals surface area contributed by atoms with Gasteiger partial charge in [-0.1, -0.05) is 26.7 Å². The van der Waals surface area contributed by atoms with E-state index in [1.807, 2.05) is 13.8 Å². The molecule has 4 atom stereocenters. The van der Waals surface area contributed by atoms with Crippen molar-refractivity contribution >= 4 is 25.5 Å². The number of carbonyl (C=O) groups excluding carboxylic acids is 1. The average molecular weight is 478 g/mol. The second kappa shape index (κ2) is 11.1. The Labute approximate surface area is 193 Å². The highest BCUT2D eigenvalue weighted by Gasteiger charge is 2.44. The Kier molecular flexibility index (Phi) is 8.43. The molecule has 180 valence electrons. The largest absolute Gasteiger partial charge is 0.464 e. The Morgan fingerprint density at radius 2 is 2.24 bits per heavy atom. The Morgan fingerprint density at radius 3 is 2.94 bits per heavy atom. The number of hydrogen-bond donors (Lipinski definition) is 2. The van der Waals surface area contributed by atoms with Crippen molar-refractivity contribution < 1.29 is 23.4 Å². The molecule has 3 N–H and O–H groups in total. The summed E-state index contributed by atoms with van der Waals surface area (Å²) in [5.74, 6) is 0.153. The molecular formula is C21H31N6O5P. The van der Waals surface area contributed by atoms with Gasteiger partial charge in [-0.3, -0.25) is 9.36 Å². The van der Waals surface area contributed by atoms with Crippen molar-refractivity contribution in [1.29, 1.82) is 5.26 Å². The summed E-state index contributed by atoms with van der Waals surface area (Å²) < 4.78 is 30.6. The summed E-state index contributed by atoms with van der Waals surface area (Å²) in [6, 6.07) is 4.97. The molecular weight excluding hydrogens is 447 g/mol. The molecule has 33 heavy (non-hydrogen) atoms. The lowest BCUT2D eigenvalue weighted by molar-refractivity contribution is -0.146. The lowest BCUT2D eigenvalue weighted by Gasteiger charge is -2.22. The summed E-state index contributed by atoms with van der Waals surface area (Å²) in [7, 11) is -2.71. The zero-order valence-corrected chi connectivity index (χ0v) is 20.1. The molecule has 1 saturated heterocycles. The monoisotopic (exact) mass is 478 g/mol. The number of rotatable bonds is 11. The first-order valence-electron chi connectivity index (χ1n) is 11.1. The Hall–Kier alpha value is -2.51. The van der Waals surface area contributed by atoms with Gasteiger partial charge < -0.3 is 19.7 Å². The van der Waals surface area contributed by atoms with Crippen LogP contribution in [-0.4, -0.2) is 45.9 Å². The van der Waals surface area contributed by atoms with E-state index in [1.165, 1.54) is 6.33 Å². The number of anilines is 1. The van der Waals surface area contributed by atoms with Crippen LogP contribution in [0, 0.1) is 17.2 Å². The van der Waals surface area contributed by atoms with Crippen molar-refractivity contribution in [2.45, 2.75) is 64.2 Å². The molecule has 0 amide bonds. The van der Waals surface area contributed by atoms with E-state index < -0.39 is 31.9 Å². The van der Waals surface area contributed by atoms with E-state index in [1.54, 1.807) is 23.6 Å². The van der Waals surface area contributed by atoms with Crippen LogP contribution in [0.15, 0.2) is 18.5 Å². The smallest absolute Gasteiger partial charge is 0.323 e. The van der Waals surface area contributed by atoms with Crippen molar-refractivity contribution in [3.05, 3.63) is 24.2 Å². The number of nitriles is 1. The molecule has 1 aliphatic rings. The van der Waals surface area contributed by atoms with Gasteiger partial charge in [0.15, 0.2) is 11.4 Å². The zero-order valence-electron chi connectivity index (χ0n) is 19.1. The van der Waals surface area contributed by atoms with Crippen LogP contribution >= 0.6 is 8.18 Å². The fourth-order valence-electron chi connectivity index (χ4n) is 3.77. The first-order chi connectivity index (χ1) is 15.8. The van der Waals surface area contributed by atoms with Crippen LogP contribution in [0.3, 0.4) is 0 Å². The fourth-order valence-corrected chi connectivity index (χ4v) is 4.66. The summed E-state index contributed by atoms with van der Waals surface area (Å²) in [5.41, 5.74) is 5.80. The molecule has 2 aromatic rings. The van der Waals surface area contributed by atoms with Crippen LogP contribution in [0.5, 0.6) is 0 Å². The molecule has 1 unspecified atom stereocenters. The first-order valence-corrected chi connectivity index (χ1v) is 12.4. The highest BCUT2D eigenvalue weighted by atomic mass is 31.1. The Bertz CT molecular complexity index is 1040. The fraction of sp³-hybridized carbons (Fsp3) is 0.619. The van der Waals surface area contributed by atoms with Crippen LogP contribution in [0.2, 0.25) is 0 Å². The van der Waals surface area contributed by atoms with Crippen molar-refractivity contribution in [2.24, 2.45) is 5.92 Å². The second-order valence-electron chi connectivity index (χ2n) is 8.16. The number of fused-ring (bicyclic) bond motifs is 1. The first kappa shape index (κ1) is 25.1. The van der Waals surface area contributed by atoms with Crippen molar-refractivity contribution in [3.8, 4) is 6.07 Å². The average Bonchev–Trinajstić information content (AvgIpc) is 3.44. The van der Waals surface area contributed by atoms with Crippen LogP contribution < -0.4 is 10.8 Å². The van der Waals surface area contributed by atoms with Crippen molar-refractivity contribution in [2.75, 3.05) is 18.9 Å². The third kappa shape index (κ3) is 5.71. The molecule has 0 aromatic carbocycles. The minimum absolute atomic E-state index is 0.0180. The van der Waals surface area contributed by atoms with Crippen LogP contribution in [0.1, 0.15) is 52.1 Å². The molecule has 2 aromatic heterocycles. The van der Waals surface area contributed by atoms with Crippen LogP contribution in [0.25, 0.3) is 5.52 Å². The number of aromatic nitrogens is 3. The summed E-state index contributed by atoms with van der Waals surface area (Å²) in [4.78, 5) is 16.1. The predicted molar refractivity (Wildman–Crippen MR) is 121 cm³/mol. The lowest BCUT2D eigenvalue weighted by atomic mass is 9.98. The SMILES string of the molecule is CCC(CC)COC(=O)[C@H](C)N[PH](=O)OC[C@@H]1CC[C@](C#N)(c2ccc3c(N)ncnn23)O1. The lowest BCUT2D eigenvalue weighted by Crippen LogP contribution is -2.33. The second-order valence-corrected chi connectivity index (χ2v) is 9.31.